The van der Waals surface area contributed by atoms with Crippen molar-refractivity contribution in [3.63, 3.8) is 0 Å². The number of benzene rings is 1. The number of methoxy groups -OCH3 is 1. The van der Waals surface area contributed by atoms with Crippen LogP contribution < -0.4 is 15.4 Å². The molecule has 0 atom stereocenters. The Bertz CT molecular complexity index is 497. The van der Waals surface area contributed by atoms with Gasteiger partial charge in [0, 0.05) is 13.1 Å². The molecule has 1 aromatic carbocycles. The van der Waals surface area contributed by atoms with Crippen molar-refractivity contribution in [2.45, 2.75) is 38.6 Å². The highest BCUT2D eigenvalue weighted by atomic mass is 16.5. The molecule has 0 saturated carbocycles. The van der Waals surface area contributed by atoms with Gasteiger partial charge in [-0.1, -0.05) is 23.8 Å². The minimum absolute atomic E-state index is 0.116. The monoisotopic (exact) mass is 288 g/mol. The lowest BCUT2D eigenvalue weighted by atomic mass is 9.97. The molecule has 0 radical (unpaired) electrons. The summed E-state index contributed by atoms with van der Waals surface area (Å²) in [6.07, 6.45) is 8.25. The summed E-state index contributed by atoms with van der Waals surface area (Å²) in [5.41, 5.74) is 2.51. The van der Waals surface area contributed by atoms with E-state index in [1.54, 1.807) is 7.11 Å². The fraction of sp³-hybridized carbons (Fsp3) is 0.471. The first kappa shape index (κ1) is 15.4. The van der Waals surface area contributed by atoms with Crippen LogP contribution in [-0.2, 0) is 6.54 Å². The van der Waals surface area contributed by atoms with Gasteiger partial charge in [0.05, 0.1) is 7.11 Å². The minimum Gasteiger partial charge on any atom is -0.497 e. The van der Waals surface area contributed by atoms with Gasteiger partial charge >= 0.3 is 6.03 Å². The predicted molar refractivity (Wildman–Crippen MR) is 84.4 cm³/mol. The molecule has 0 unspecified atom stereocenters. The van der Waals surface area contributed by atoms with E-state index in [1.807, 2.05) is 24.3 Å². The lowest BCUT2D eigenvalue weighted by Crippen LogP contribution is -2.35. The highest BCUT2D eigenvalue weighted by Gasteiger charge is 2.05. The molecule has 1 aromatic rings. The highest BCUT2D eigenvalue weighted by Crippen LogP contribution is 2.19. The average molecular weight is 288 g/mol. The van der Waals surface area contributed by atoms with Gasteiger partial charge in [0.1, 0.15) is 5.75 Å². The molecule has 2 amide bonds. The molecule has 0 aliphatic heterocycles. The topological polar surface area (TPSA) is 50.4 Å². The second kappa shape index (κ2) is 8.35. The Morgan fingerprint density at radius 3 is 2.95 bits per heavy atom. The highest BCUT2D eigenvalue weighted by molar-refractivity contribution is 5.73. The van der Waals surface area contributed by atoms with Crippen LogP contribution in [0.4, 0.5) is 4.79 Å². The molecule has 0 saturated heterocycles. The number of allylic oxidation sites excluding steroid dienone is 1. The third-order valence-electron chi connectivity index (χ3n) is 3.70. The first-order chi connectivity index (χ1) is 10.3. The fourth-order valence-corrected chi connectivity index (χ4v) is 2.50. The van der Waals surface area contributed by atoms with Gasteiger partial charge in [-0.25, -0.2) is 4.79 Å². The van der Waals surface area contributed by atoms with Crippen molar-refractivity contribution < 1.29 is 9.53 Å². The van der Waals surface area contributed by atoms with Crippen LogP contribution in [0.25, 0.3) is 0 Å². The zero-order valence-corrected chi connectivity index (χ0v) is 12.7. The van der Waals surface area contributed by atoms with Gasteiger partial charge in [-0.2, -0.15) is 0 Å². The van der Waals surface area contributed by atoms with Crippen LogP contribution in [0.5, 0.6) is 5.75 Å². The predicted octanol–water partition coefficient (Wildman–Crippen LogP) is 3.38. The molecule has 21 heavy (non-hydrogen) atoms. The summed E-state index contributed by atoms with van der Waals surface area (Å²) < 4.78 is 5.16. The summed E-state index contributed by atoms with van der Waals surface area (Å²) in [6.45, 7) is 1.21. The molecule has 0 fully saturated rings. The molecule has 1 aliphatic carbocycles. The first-order valence-corrected chi connectivity index (χ1v) is 7.60. The van der Waals surface area contributed by atoms with E-state index in [9.17, 15) is 4.79 Å². The summed E-state index contributed by atoms with van der Waals surface area (Å²) in [5, 5.41) is 5.77. The third kappa shape index (κ3) is 5.50. The largest absolute Gasteiger partial charge is 0.497 e. The molecule has 0 aromatic heterocycles. The number of nitrogens with one attached hydrogen (secondary N) is 2. The molecule has 4 nitrogen and oxygen atoms in total. The number of carbonyl (C=O) groups is 1. The number of ether oxygens (including phenoxy) is 1. The maximum atomic E-state index is 11.7. The van der Waals surface area contributed by atoms with Crippen molar-refractivity contribution in [2.75, 3.05) is 13.7 Å². The van der Waals surface area contributed by atoms with Crippen molar-refractivity contribution in [3.8, 4) is 5.75 Å². The Kier molecular flexibility index (Phi) is 6.13. The quantitative estimate of drug-likeness (QED) is 0.788. The normalized spacial score (nSPS) is 14.2. The van der Waals surface area contributed by atoms with Crippen molar-refractivity contribution in [1.82, 2.24) is 10.6 Å². The smallest absolute Gasteiger partial charge is 0.315 e. The second-order valence-corrected chi connectivity index (χ2v) is 5.32. The van der Waals surface area contributed by atoms with Gasteiger partial charge < -0.3 is 15.4 Å². The van der Waals surface area contributed by atoms with Crippen molar-refractivity contribution >= 4 is 6.03 Å². The zero-order valence-electron chi connectivity index (χ0n) is 12.7. The van der Waals surface area contributed by atoms with Crippen LogP contribution in [0, 0.1) is 0 Å². The van der Waals surface area contributed by atoms with Crippen molar-refractivity contribution in [2.24, 2.45) is 0 Å². The summed E-state index contributed by atoms with van der Waals surface area (Å²) in [4.78, 5) is 11.7. The number of urea groups is 1. The van der Waals surface area contributed by atoms with Gasteiger partial charge in [-0.3, -0.25) is 0 Å². The Labute approximate surface area is 126 Å². The van der Waals surface area contributed by atoms with Crippen LogP contribution in [0.3, 0.4) is 0 Å². The van der Waals surface area contributed by atoms with Crippen LogP contribution in [0.2, 0.25) is 0 Å². The number of amides is 2. The average Bonchev–Trinajstić information content (AvgIpc) is 2.54. The van der Waals surface area contributed by atoms with E-state index < -0.39 is 0 Å². The van der Waals surface area contributed by atoms with E-state index in [4.69, 9.17) is 4.74 Å². The second-order valence-electron chi connectivity index (χ2n) is 5.32. The zero-order chi connectivity index (χ0) is 14.9. The van der Waals surface area contributed by atoms with Gasteiger partial charge in [0.2, 0.25) is 0 Å². The Morgan fingerprint density at radius 1 is 1.29 bits per heavy atom. The SMILES string of the molecule is COc1cccc(CNC(=O)NCCC2=CCCCC2)c1. The number of hydrogen-bond acceptors (Lipinski definition) is 2. The fourth-order valence-electron chi connectivity index (χ4n) is 2.50. The molecular formula is C17H24N2O2. The number of hydrogen-bond donors (Lipinski definition) is 2. The first-order valence-electron chi connectivity index (χ1n) is 7.60. The van der Waals surface area contributed by atoms with Crippen LogP contribution in [0.1, 0.15) is 37.7 Å². The minimum atomic E-state index is -0.116. The number of carbonyl (C=O) groups excluding carboxylic acids is 1. The molecule has 0 bridgehead atoms. The lowest BCUT2D eigenvalue weighted by molar-refractivity contribution is 0.240. The van der Waals surface area contributed by atoms with Crippen molar-refractivity contribution in [1.29, 1.82) is 0 Å². The molecule has 4 heteroatoms. The van der Waals surface area contributed by atoms with E-state index >= 15 is 0 Å². The van der Waals surface area contributed by atoms with E-state index in [-0.39, 0.29) is 6.03 Å². The van der Waals surface area contributed by atoms with E-state index in [0.717, 1.165) is 17.7 Å². The van der Waals surface area contributed by atoms with Gasteiger partial charge in [0.25, 0.3) is 0 Å². The summed E-state index contributed by atoms with van der Waals surface area (Å²) in [7, 11) is 1.64. The standard InChI is InChI=1S/C17H24N2O2/c1-21-16-9-5-8-15(12-16)13-19-17(20)18-11-10-14-6-3-2-4-7-14/h5-6,8-9,12H,2-4,7,10-11,13H2,1H3,(H2,18,19,20). The molecule has 0 spiro atoms. The summed E-state index contributed by atoms with van der Waals surface area (Å²) >= 11 is 0. The Hall–Kier alpha value is -1.97. The summed E-state index contributed by atoms with van der Waals surface area (Å²) in [6, 6.07) is 7.59. The lowest BCUT2D eigenvalue weighted by Gasteiger charge is -2.13. The maximum Gasteiger partial charge on any atom is 0.315 e. The molecule has 1 aliphatic rings. The molecule has 114 valence electrons. The van der Waals surface area contributed by atoms with Gasteiger partial charge in [0.15, 0.2) is 0 Å². The molecule has 2 N–H and O–H groups in total. The summed E-state index contributed by atoms with van der Waals surface area (Å²) in [5.74, 6) is 0.805. The van der Waals surface area contributed by atoms with Crippen LogP contribution >= 0.6 is 0 Å². The van der Waals surface area contributed by atoms with Crippen LogP contribution in [-0.4, -0.2) is 19.7 Å². The van der Waals surface area contributed by atoms with Gasteiger partial charge in [-0.05, 0) is 49.8 Å². The van der Waals surface area contributed by atoms with Crippen LogP contribution in [0.15, 0.2) is 35.9 Å². The molecular weight excluding hydrogens is 264 g/mol. The van der Waals surface area contributed by atoms with E-state index in [0.29, 0.717) is 13.1 Å². The van der Waals surface area contributed by atoms with Gasteiger partial charge in [-0.15, -0.1) is 0 Å². The van der Waals surface area contributed by atoms with E-state index in [2.05, 4.69) is 16.7 Å². The molecule has 0 heterocycles. The van der Waals surface area contributed by atoms with Crippen molar-refractivity contribution in [3.05, 3.63) is 41.5 Å². The van der Waals surface area contributed by atoms with E-state index in [1.165, 1.54) is 31.3 Å². The third-order valence-corrected chi connectivity index (χ3v) is 3.70. The number of rotatable bonds is 6. The maximum absolute atomic E-state index is 11.7. The Morgan fingerprint density at radius 2 is 2.19 bits per heavy atom. The Balaban J connectivity index is 1.66. The molecule has 2 rings (SSSR count).